The number of anilines is 1. The van der Waals surface area contributed by atoms with Crippen LogP contribution in [0.3, 0.4) is 0 Å². The van der Waals surface area contributed by atoms with Crippen molar-refractivity contribution in [1.29, 1.82) is 0 Å². The number of fused-ring (bicyclic) bond motifs is 1. The largest absolute Gasteiger partial charge is 0.371 e. The summed E-state index contributed by atoms with van der Waals surface area (Å²) < 4.78 is 13.0. The lowest BCUT2D eigenvalue weighted by Crippen LogP contribution is -2.59. The number of halogens is 1. The minimum absolute atomic E-state index is 0.283. The van der Waals surface area contributed by atoms with Crippen LogP contribution in [0, 0.1) is 5.82 Å². The van der Waals surface area contributed by atoms with Crippen molar-refractivity contribution in [2.45, 2.75) is 37.3 Å². The molecule has 2 saturated heterocycles. The normalized spacial score (nSPS) is 29.9. The molecular weight excluding hydrogens is 257 g/mol. The van der Waals surface area contributed by atoms with Crippen LogP contribution in [0.25, 0.3) is 0 Å². The van der Waals surface area contributed by atoms with Gasteiger partial charge in [0.15, 0.2) is 0 Å². The van der Waals surface area contributed by atoms with Gasteiger partial charge in [0.2, 0.25) is 5.91 Å². The lowest BCUT2D eigenvalue weighted by atomic mass is 9.82. The van der Waals surface area contributed by atoms with E-state index < -0.39 is 5.54 Å². The van der Waals surface area contributed by atoms with Gasteiger partial charge in [-0.2, -0.15) is 0 Å². The number of carbonyl (C=O) groups excluding carboxylic acids is 1. The maximum absolute atomic E-state index is 13.0. The highest BCUT2D eigenvalue weighted by molar-refractivity contribution is 5.88. The van der Waals surface area contributed by atoms with Gasteiger partial charge in [0.05, 0.1) is 0 Å². The maximum Gasteiger partial charge on any atom is 0.243 e. The Morgan fingerprint density at radius 3 is 2.80 bits per heavy atom. The first-order chi connectivity index (χ1) is 9.59. The molecule has 0 bridgehead atoms. The molecule has 20 heavy (non-hydrogen) atoms. The van der Waals surface area contributed by atoms with E-state index in [1.807, 2.05) is 0 Å². The van der Waals surface area contributed by atoms with Gasteiger partial charge >= 0.3 is 0 Å². The van der Waals surface area contributed by atoms with Gasteiger partial charge in [0.25, 0.3) is 0 Å². The quantitative estimate of drug-likeness (QED) is 0.884. The Bertz CT molecular complexity index is 504. The Balaban J connectivity index is 1.81. The van der Waals surface area contributed by atoms with E-state index >= 15 is 0 Å². The predicted molar refractivity (Wildman–Crippen MR) is 75.8 cm³/mol. The van der Waals surface area contributed by atoms with Crippen molar-refractivity contribution in [3.05, 3.63) is 30.1 Å². The van der Waals surface area contributed by atoms with Gasteiger partial charge in [-0.05, 0) is 56.5 Å². The number of piperidine rings is 1. The van der Waals surface area contributed by atoms with Crippen LogP contribution < -0.4 is 11.1 Å². The summed E-state index contributed by atoms with van der Waals surface area (Å²) in [4.78, 5) is 14.4. The van der Waals surface area contributed by atoms with E-state index in [-0.39, 0.29) is 11.7 Å². The minimum atomic E-state index is -0.705. The van der Waals surface area contributed by atoms with E-state index in [1.165, 1.54) is 18.6 Å². The first-order valence-electron chi connectivity index (χ1n) is 7.17. The Morgan fingerprint density at radius 1 is 1.35 bits per heavy atom. The summed E-state index contributed by atoms with van der Waals surface area (Å²) in [6, 6.07) is 6.52. The van der Waals surface area contributed by atoms with Crippen LogP contribution in [-0.2, 0) is 4.79 Å². The fourth-order valence-corrected chi connectivity index (χ4v) is 3.47. The molecule has 0 saturated carbocycles. The van der Waals surface area contributed by atoms with Gasteiger partial charge in [0, 0.05) is 18.3 Å². The molecule has 2 fully saturated rings. The molecule has 108 valence electrons. The number of nitrogens with zero attached hydrogens (tertiary/aromatic N) is 1. The summed E-state index contributed by atoms with van der Waals surface area (Å²) in [5.74, 6) is -0.595. The molecule has 3 rings (SSSR count). The second-order valence-electron chi connectivity index (χ2n) is 5.86. The van der Waals surface area contributed by atoms with Crippen LogP contribution in [0.2, 0.25) is 0 Å². The molecule has 2 atom stereocenters. The van der Waals surface area contributed by atoms with Crippen molar-refractivity contribution in [2.75, 3.05) is 18.4 Å². The van der Waals surface area contributed by atoms with Crippen LogP contribution >= 0.6 is 0 Å². The topological polar surface area (TPSA) is 58.4 Å². The smallest absolute Gasteiger partial charge is 0.243 e. The third-order valence-electron chi connectivity index (χ3n) is 4.61. The number of benzene rings is 1. The number of rotatable bonds is 3. The monoisotopic (exact) mass is 277 g/mol. The fraction of sp³-hybridized carbons (Fsp3) is 0.533. The lowest BCUT2D eigenvalue weighted by molar-refractivity contribution is -0.124. The van der Waals surface area contributed by atoms with Crippen LogP contribution in [0.15, 0.2) is 24.3 Å². The number of hydrogen-bond acceptors (Lipinski definition) is 3. The number of primary amides is 1. The van der Waals surface area contributed by atoms with Crippen molar-refractivity contribution < 1.29 is 9.18 Å². The van der Waals surface area contributed by atoms with Crippen LogP contribution in [0.1, 0.15) is 25.7 Å². The highest BCUT2D eigenvalue weighted by atomic mass is 19.1. The summed E-state index contributed by atoms with van der Waals surface area (Å²) in [6.45, 7) is 2.01. The molecule has 1 amide bonds. The maximum atomic E-state index is 13.0. The van der Waals surface area contributed by atoms with Crippen molar-refractivity contribution in [3.8, 4) is 0 Å². The first kappa shape index (κ1) is 13.4. The third kappa shape index (κ3) is 2.38. The number of hydrogen-bond donors (Lipinski definition) is 2. The fourth-order valence-electron chi connectivity index (χ4n) is 3.47. The molecular formula is C15H20FN3O. The molecule has 3 N–H and O–H groups in total. The van der Waals surface area contributed by atoms with E-state index in [9.17, 15) is 9.18 Å². The predicted octanol–water partition coefficient (Wildman–Crippen LogP) is 1.72. The zero-order valence-electron chi connectivity index (χ0n) is 11.4. The van der Waals surface area contributed by atoms with Crippen molar-refractivity contribution in [3.63, 3.8) is 0 Å². The van der Waals surface area contributed by atoms with E-state index in [1.54, 1.807) is 12.1 Å². The second kappa shape index (κ2) is 5.05. The second-order valence-corrected chi connectivity index (χ2v) is 5.86. The number of nitrogens with two attached hydrogens (primary N) is 1. The Labute approximate surface area is 118 Å². The van der Waals surface area contributed by atoms with E-state index in [4.69, 9.17) is 5.73 Å². The van der Waals surface area contributed by atoms with Crippen LogP contribution in [0.4, 0.5) is 10.1 Å². The highest BCUT2D eigenvalue weighted by Gasteiger charge is 2.45. The van der Waals surface area contributed by atoms with Gasteiger partial charge in [-0.15, -0.1) is 0 Å². The Kier molecular flexibility index (Phi) is 3.38. The molecule has 2 heterocycles. The molecule has 5 heteroatoms. The molecule has 1 aromatic carbocycles. The Hall–Kier alpha value is -1.62. The van der Waals surface area contributed by atoms with Crippen molar-refractivity contribution >= 4 is 11.6 Å². The molecule has 0 spiro atoms. The SMILES string of the molecule is NC(=O)C1(Nc2ccc(F)cc2)CCN2CCCC2C1. The molecule has 0 radical (unpaired) electrons. The van der Waals surface area contributed by atoms with Crippen molar-refractivity contribution in [2.24, 2.45) is 5.73 Å². The molecule has 0 aromatic heterocycles. The number of carbonyl (C=O) groups is 1. The molecule has 2 aliphatic heterocycles. The van der Waals surface area contributed by atoms with Gasteiger partial charge in [-0.25, -0.2) is 4.39 Å². The molecule has 1 aromatic rings. The molecule has 0 aliphatic carbocycles. The minimum Gasteiger partial charge on any atom is -0.371 e. The average Bonchev–Trinajstić information content (AvgIpc) is 2.88. The first-order valence-corrected chi connectivity index (χ1v) is 7.17. The average molecular weight is 277 g/mol. The summed E-state index contributed by atoms with van der Waals surface area (Å²) in [5.41, 5.74) is 5.71. The van der Waals surface area contributed by atoms with Gasteiger partial charge in [-0.3, -0.25) is 4.79 Å². The van der Waals surface area contributed by atoms with Crippen LogP contribution in [0.5, 0.6) is 0 Å². The molecule has 2 unspecified atom stereocenters. The van der Waals surface area contributed by atoms with E-state index in [0.29, 0.717) is 12.5 Å². The lowest BCUT2D eigenvalue weighted by Gasteiger charge is -2.43. The summed E-state index contributed by atoms with van der Waals surface area (Å²) in [7, 11) is 0. The van der Waals surface area contributed by atoms with E-state index in [0.717, 1.165) is 31.6 Å². The number of amides is 1. The number of nitrogens with one attached hydrogen (secondary N) is 1. The molecule has 4 nitrogen and oxygen atoms in total. The molecule has 2 aliphatic rings. The zero-order chi connectivity index (χ0) is 14.2. The van der Waals surface area contributed by atoms with Gasteiger partial charge < -0.3 is 16.0 Å². The van der Waals surface area contributed by atoms with Crippen molar-refractivity contribution in [1.82, 2.24) is 4.90 Å². The van der Waals surface area contributed by atoms with E-state index in [2.05, 4.69) is 10.2 Å². The van der Waals surface area contributed by atoms with Gasteiger partial charge in [-0.1, -0.05) is 0 Å². The standard InChI is InChI=1S/C15H20FN3O/c16-11-3-5-12(6-4-11)18-15(14(17)20)7-9-19-8-1-2-13(19)10-15/h3-6,13,18H,1-2,7-10H2,(H2,17,20). The Morgan fingerprint density at radius 2 is 2.10 bits per heavy atom. The summed E-state index contributed by atoms with van der Waals surface area (Å²) >= 11 is 0. The highest BCUT2D eigenvalue weighted by Crippen LogP contribution is 2.35. The zero-order valence-corrected chi connectivity index (χ0v) is 11.4. The van der Waals surface area contributed by atoms with Crippen LogP contribution in [-0.4, -0.2) is 35.5 Å². The summed E-state index contributed by atoms with van der Waals surface area (Å²) in [6.07, 6.45) is 3.76. The third-order valence-corrected chi connectivity index (χ3v) is 4.61. The van der Waals surface area contributed by atoms with Gasteiger partial charge in [0.1, 0.15) is 11.4 Å². The summed E-state index contributed by atoms with van der Waals surface area (Å²) in [5, 5.41) is 3.27.